The Morgan fingerprint density at radius 2 is 1.79 bits per heavy atom. The summed E-state index contributed by atoms with van der Waals surface area (Å²) < 4.78 is 46.5. The van der Waals surface area contributed by atoms with Crippen LogP contribution in [0, 0.1) is 23.4 Å². The zero-order valence-corrected chi connectivity index (χ0v) is 15.2. The molecule has 28 heavy (non-hydrogen) atoms. The number of halogens is 3. The van der Waals surface area contributed by atoms with Gasteiger partial charge in [0.2, 0.25) is 11.6 Å². The maximum Gasteiger partial charge on any atom is 0.344 e. The van der Waals surface area contributed by atoms with Crippen molar-refractivity contribution in [3.05, 3.63) is 88.9 Å². The number of carbonyl (C=O) groups excluding carboxylic acids is 1. The smallest absolute Gasteiger partial charge is 0.344 e. The Labute approximate surface area is 160 Å². The van der Waals surface area contributed by atoms with Gasteiger partial charge < -0.3 is 9.64 Å². The second-order valence-corrected chi connectivity index (χ2v) is 6.65. The van der Waals surface area contributed by atoms with Crippen molar-refractivity contribution in [3.63, 3.8) is 0 Å². The van der Waals surface area contributed by atoms with Gasteiger partial charge in [-0.15, -0.1) is 0 Å². The molecule has 2 aromatic carbocycles. The van der Waals surface area contributed by atoms with Crippen LogP contribution in [0.5, 0.6) is 5.75 Å². The van der Waals surface area contributed by atoms with E-state index in [-0.39, 0.29) is 11.5 Å². The molecule has 0 saturated heterocycles. The summed E-state index contributed by atoms with van der Waals surface area (Å²) in [5, 5.41) is 0. The van der Waals surface area contributed by atoms with Gasteiger partial charge in [0.25, 0.3) is 0 Å². The van der Waals surface area contributed by atoms with Crippen LogP contribution >= 0.6 is 0 Å². The molecule has 0 saturated carbocycles. The molecule has 2 aromatic rings. The van der Waals surface area contributed by atoms with Gasteiger partial charge in [0.1, 0.15) is 0 Å². The number of hydrogen-bond donors (Lipinski definition) is 0. The molecular weight excluding hydrogens is 367 g/mol. The molecule has 1 unspecified atom stereocenters. The van der Waals surface area contributed by atoms with Gasteiger partial charge in [0.15, 0.2) is 11.6 Å². The predicted molar refractivity (Wildman–Crippen MR) is 100 cm³/mol. The Hall–Kier alpha value is -3.28. The number of para-hydroxylation sites is 1. The van der Waals surface area contributed by atoms with Crippen molar-refractivity contribution in [1.82, 2.24) is 0 Å². The van der Waals surface area contributed by atoms with Crippen molar-refractivity contribution in [2.75, 3.05) is 11.9 Å². The normalized spacial score (nSPS) is 17.8. The van der Waals surface area contributed by atoms with Gasteiger partial charge in [-0.05, 0) is 29.8 Å². The number of nitrogens with zero attached hydrogens (tertiary/aromatic N) is 1. The molecule has 6 heteroatoms. The minimum Gasteiger partial charge on any atom is -0.416 e. The van der Waals surface area contributed by atoms with E-state index in [4.69, 9.17) is 4.74 Å². The first-order valence-corrected chi connectivity index (χ1v) is 8.72. The number of hydrogen-bond acceptors (Lipinski definition) is 3. The molecule has 1 aliphatic carbocycles. The van der Waals surface area contributed by atoms with Crippen LogP contribution in [-0.4, -0.2) is 13.0 Å². The van der Waals surface area contributed by atoms with Crippen molar-refractivity contribution >= 4 is 17.2 Å². The third kappa shape index (κ3) is 2.72. The summed E-state index contributed by atoms with van der Waals surface area (Å²) in [7, 11) is 1.88. The summed E-state index contributed by atoms with van der Waals surface area (Å²) in [5.41, 5.74) is 3.03. The van der Waals surface area contributed by atoms with Crippen LogP contribution in [0.1, 0.15) is 12.5 Å². The number of allylic oxidation sites excluding steroid dienone is 4. The predicted octanol–water partition coefficient (Wildman–Crippen LogP) is 5.00. The van der Waals surface area contributed by atoms with Crippen LogP contribution in [0.25, 0.3) is 5.57 Å². The molecule has 0 aromatic heterocycles. The monoisotopic (exact) mass is 383 g/mol. The first-order chi connectivity index (χ1) is 13.4. The van der Waals surface area contributed by atoms with Crippen molar-refractivity contribution in [2.24, 2.45) is 5.92 Å². The fourth-order valence-corrected chi connectivity index (χ4v) is 3.60. The second kappa shape index (κ2) is 6.71. The van der Waals surface area contributed by atoms with Crippen molar-refractivity contribution in [1.29, 1.82) is 0 Å². The molecule has 4 rings (SSSR count). The highest BCUT2D eigenvalue weighted by Gasteiger charge is 2.35. The Balaban J connectivity index is 1.88. The number of fused-ring (bicyclic) bond motifs is 2. The lowest BCUT2D eigenvalue weighted by Crippen LogP contribution is -2.30. The number of esters is 1. The Bertz CT molecular complexity index is 1090. The van der Waals surface area contributed by atoms with Crippen LogP contribution < -0.4 is 9.64 Å². The number of ether oxygens (including phenoxy) is 1. The Morgan fingerprint density at radius 3 is 2.57 bits per heavy atom. The minimum atomic E-state index is -1.53. The fraction of sp³-hybridized carbons (Fsp3) is 0.136. The average molecular weight is 383 g/mol. The topological polar surface area (TPSA) is 29.5 Å². The number of carbonyl (C=O) groups is 1. The average Bonchev–Trinajstić information content (AvgIpc) is 2.69. The van der Waals surface area contributed by atoms with Crippen molar-refractivity contribution in [3.8, 4) is 5.75 Å². The molecule has 0 fully saturated rings. The minimum absolute atomic E-state index is 0.124. The molecule has 142 valence electrons. The van der Waals surface area contributed by atoms with Crippen LogP contribution in [0.4, 0.5) is 18.9 Å². The third-order valence-corrected chi connectivity index (χ3v) is 4.95. The molecule has 0 N–H and O–H groups in total. The quantitative estimate of drug-likeness (QED) is 0.415. The Morgan fingerprint density at radius 1 is 1.07 bits per heavy atom. The van der Waals surface area contributed by atoms with Crippen molar-refractivity contribution < 1.29 is 22.7 Å². The second-order valence-electron chi connectivity index (χ2n) is 6.65. The van der Waals surface area contributed by atoms with Gasteiger partial charge >= 0.3 is 5.97 Å². The number of anilines is 1. The maximum absolute atomic E-state index is 14.0. The van der Waals surface area contributed by atoms with Crippen molar-refractivity contribution in [2.45, 2.75) is 6.92 Å². The van der Waals surface area contributed by atoms with Gasteiger partial charge in [-0.25, -0.2) is 13.6 Å². The van der Waals surface area contributed by atoms with E-state index in [9.17, 15) is 18.0 Å². The molecular formula is C22H16F3NO2. The molecule has 0 bridgehead atoms. The summed E-state index contributed by atoms with van der Waals surface area (Å²) in [4.78, 5) is 15.0. The largest absolute Gasteiger partial charge is 0.416 e. The lowest BCUT2D eigenvalue weighted by molar-refractivity contribution is -0.128. The lowest BCUT2D eigenvalue weighted by atomic mass is 9.82. The van der Waals surface area contributed by atoms with Gasteiger partial charge in [-0.3, -0.25) is 0 Å². The molecule has 1 aliphatic heterocycles. The maximum atomic E-state index is 14.0. The molecule has 1 atom stereocenters. The lowest BCUT2D eigenvalue weighted by Gasteiger charge is -2.36. The standard InChI is InChI=1S/C22H16F3NO2/c1-12-6-5-9-17-18(12)19(13-7-3-4-8-16(13)26(17)2)22(27)28-21-15(24)11-10-14(23)20(21)25/h3-12H,1-2H3. The summed E-state index contributed by atoms with van der Waals surface area (Å²) in [5.74, 6) is -6.08. The van der Waals surface area contributed by atoms with Crippen LogP contribution in [0.15, 0.2) is 65.9 Å². The van der Waals surface area contributed by atoms with E-state index in [1.807, 2.05) is 49.2 Å². The Kier molecular flexibility index (Phi) is 4.34. The van der Waals surface area contributed by atoms with Gasteiger partial charge in [-0.2, -0.15) is 4.39 Å². The summed E-state index contributed by atoms with van der Waals surface area (Å²) in [6.45, 7) is 1.91. The highest BCUT2D eigenvalue weighted by molar-refractivity contribution is 6.22. The van der Waals surface area contributed by atoms with E-state index in [1.54, 1.807) is 12.1 Å². The molecule has 0 radical (unpaired) electrons. The SMILES string of the molecule is CC1C=CC=C2C1=C(C(=O)Oc1c(F)ccc(F)c1F)c1ccccc1N2C. The van der Waals surface area contributed by atoms with Crippen LogP contribution in [0.2, 0.25) is 0 Å². The van der Waals surface area contributed by atoms with E-state index < -0.39 is 29.2 Å². The molecule has 2 aliphatic rings. The summed E-state index contributed by atoms with van der Waals surface area (Å²) >= 11 is 0. The van der Waals surface area contributed by atoms with E-state index in [0.29, 0.717) is 17.2 Å². The van der Waals surface area contributed by atoms with Crippen LogP contribution in [-0.2, 0) is 4.79 Å². The molecule has 0 spiro atoms. The van der Waals surface area contributed by atoms with Gasteiger partial charge in [-0.1, -0.05) is 37.3 Å². The number of rotatable bonds is 2. The van der Waals surface area contributed by atoms with Gasteiger partial charge in [0.05, 0.1) is 5.57 Å². The van der Waals surface area contributed by atoms with Crippen LogP contribution in [0.3, 0.4) is 0 Å². The summed E-state index contributed by atoms with van der Waals surface area (Å²) in [6, 6.07) is 8.55. The van der Waals surface area contributed by atoms with E-state index in [0.717, 1.165) is 17.5 Å². The zero-order valence-electron chi connectivity index (χ0n) is 15.2. The summed E-state index contributed by atoms with van der Waals surface area (Å²) in [6.07, 6.45) is 5.67. The van der Waals surface area contributed by atoms with E-state index in [1.165, 1.54) is 0 Å². The number of likely N-dealkylation sites (N-methyl/N-ethyl adjacent to an activating group) is 1. The molecule has 3 nitrogen and oxygen atoms in total. The zero-order chi connectivity index (χ0) is 20.0. The highest BCUT2D eigenvalue weighted by Crippen LogP contribution is 2.44. The molecule has 1 heterocycles. The highest BCUT2D eigenvalue weighted by atomic mass is 19.2. The number of benzene rings is 2. The first kappa shape index (κ1) is 18.1. The molecule has 0 amide bonds. The first-order valence-electron chi connectivity index (χ1n) is 8.72. The van der Waals surface area contributed by atoms with E-state index >= 15 is 0 Å². The van der Waals surface area contributed by atoms with E-state index in [2.05, 4.69) is 0 Å². The van der Waals surface area contributed by atoms with Gasteiger partial charge in [0, 0.05) is 29.9 Å². The third-order valence-electron chi connectivity index (χ3n) is 4.95. The fourth-order valence-electron chi connectivity index (χ4n) is 3.60.